The quantitative estimate of drug-likeness (QED) is 0.839. The lowest BCUT2D eigenvalue weighted by Gasteiger charge is -2.24. The fraction of sp³-hybridized carbons (Fsp3) is 0.294. The van der Waals surface area contributed by atoms with Crippen LogP contribution in [0.25, 0.3) is 0 Å². The Balaban J connectivity index is 2.39. The van der Waals surface area contributed by atoms with Crippen molar-refractivity contribution in [3.05, 3.63) is 69.7 Å². The first kappa shape index (κ1) is 16.3. The zero-order valence-electron chi connectivity index (χ0n) is 11.9. The Kier molecular flexibility index (Phi) is 6.07. The molecule has 0 aliphatic heterocycles. The number of aliphatic hydroxyl groups excluding tert-OH is 1. The molecule has 0 amide bonds. The smallest absolute Gasteiger partial charge is 0.0773 e. The average molecular weight is 324 g/mol. The summed E-state index contributed by atoms with van der Waals surface area (Å²) in [7, 11) is 0. The number of likely N-dealkylation sites (N-methyl/N-ethyl adjacent to an activating group) is 1. The molecule has 0 aliphatic carbocycles. The topological polar surface area (TPSA) is 32.3 Å². The zero-order valence-corrected chi connectivity index (χ0v) is 13.4. The summed E-state index contributed by atoms with van der Waals surface area (Å²) in [6, 6.07) is 15.2. The molecule has 1 atom stereocenters. The van der Waals surface area contributed by atoms with Crippen LogP contribution in [0.5, 0.6) is 0 Å². The van der Waals surface area contributed by atoms with Crippen molar-refractivity contribution in [1.29, 1.82) is 0 Å². The summed E-state index contributed by atoms with van der Waals surface area (Å²) in [4.78, 5) is 0. The molecule has 1 unspecified atom stereocenters. The van der Waals surface area contributed by atoms with Gasteiger partial charge in [0.2, 0.25) is 0 Å². The first-order chi connectivity index (χ1) is 10.1. The molecule has 2 nitrogen and oxygen atoms in total. The number of hydrogen-bond acceptors (Lipinski definition) is 2. The zero-order chi connectivity index (χ0) is 15.2. The van der Waals surface area contributed by atoms with Crippen molar-refractivity contribution in [3.63, 3.8) is 0 Å². The van der Waals surface area contributed by atoms with Crippen molar-refractivity contribution in [1.82, 2.24) is 5.32 Å². The molecule has 2 aromatic rings. The molecule has 0 aromatic heterocycles. The molecule has 0 radical (unpaired) electrons. The SMILES string of the molecule is CCNCC(O)C(c1cccc(Cl)c1)c1cccc(Cl)c1. The third-order valence-electron chi connectivity index (χ3n) is 3.40. The van der Waals surface area contributed by atoms with E-state index in [9.17, 15) is 5.11 Å². The Morgan fingerprint density at radius 2 is 1.52 bits per heavy atom. The number of nitrogens with one attached hydrogen (secondary N) is 1. The van der Waals surface area contributed by atoms with Crippen LogP contribution in [-0.4, -0.2) is 24.3 Å². The van der Waals surface area contributed by atoms with Crippen LogP contribution in [0.4, 0.5) is 0 Å². The van der Waals surface area contributed by atoms with Crippen LogP contribution in [0, 0.1) is 0 Å². The van der Waals surface area contributed by atoms with Gasteiger partial charge in [-0.2, -0.15) is 0 Å². The van der Waals surface area contributed by atoms with Crippen LogP contribution in [0.3, 0.4) is 0 Å². The summed E-state index contributed by atoms with van der Waals surface area (Å²) in [6.45, 7) is 3.34. The molecule has 0 heterocycles. The standard InChI is InChI=1S/C17H19Cl2NO/c1-2-20-11-16(21)17(12-5-3-7-14(18)9-12)13-6-4-8-15(19)10-13/h3-10,16-17,20-21H,2,11H2,1H3. The van der Waals surface area contributed by atoms with Gasteiger partial charge in [0.15, 0.2) is 0 Å². The van der Waals surface area contributed by atoms with E-state index in [4.69, 9.17) is 23.2 Å². The predicted molar refractivity (Wildman–Crippen MR) is 89.3 cm³/mol. The average Bonchev–Trinajstić information content (AvgIpc) is 2.45. The predicted octanol–water partition coefficient (Wildman–Crippen LogP) is 4.10. The molecule has 2 rings (SSSR count). The third kappa shape index (κ3) is 4.45. The van der Waals surface area contributed by atoms with E-state index in [0.29, 0.717) is 16.6 Å². The molecule has 0 spiro atoms. The van der Waals surface area contributed by atoms with Gasteiger partial charge in [-0.05, 0) is 41.9 Å². The molecule has 0 saturated carbocycles. The van der Waals surface area contributed by atoms with Gasteiger partial charge in [-0.15, -0.1) is 0 Å². The monoisotopic (exact) mass is 323 g/mol. The minimum atomic E-state index is -0.554. The van der Waals surface area contributed by atoms with Crippen LogP contribution in [-0.2, 0) is 0 Å². The minimum absolute atomic E-state index is 0.165. The van der Waals surface area contributed by atoms with Crippen molar-refractivity contribution < 1.29 is 5.11 Å². The van der Waals surface area contributed by atoms with Gasteiger partial charge < -0.3 is 10.4 Å². The highest BCUT2D eigenvalue weighted by Crippen LogP contribution is 2.31. The van der Waals surface area contributed by atoms with E-state index in [1.807, 2.05) is 55.5 Å². The summed E-state index contributed by atoms with van der Waals surface area (Å²) >= 11 is 12.2. The first-order valence-corrected chi connectivity index (χ1v) is 7.77. The lowest BCUT2D eigenvalue weighted by atomic mass is 9.86. The largest absolute Gasteiger partial charge is 0.391 e. The number of benzene rings is 2. The normalized spacial score (nSPS) is 12.6. The van der Waals surface area contributed by atoms with E-state index in [1.54, 1.807) is 0 Å². The van der Waals surface area contributed by atoms with Crippen molar-refractivity contribution >= 4 is 23.2 Å². The summed E-state index contributed by atoms with van der Waals surface area (Å²) in [5.41, 5.74) is 1.96. The van der Waals surface area contributed by atoms with Gasteiger partial charge in [0.25, 0.3) is 0 Å². The van der Waals surface area contributed by atoms with E-state index in [-0.39, 0.29) is 5.92 Å². The molecule has 2 aromatic carbocycles. The van der Waals surface area contributed by atoms with Crippen LogP contribution >= 0.6 is 23.2 Å². The maximum atomic E-state index is 10.6. The second kappa shape index (κ2) is 7.81. The highest BCUT2D eigenvalue weighted by Gasteiger charge is 2.23. The molecule has 2 N–H and O–H groups in total. The van der Waals surface area contributed by atoms with Gasteiger partial charge in [0, 0.05) is 22.5 Å². The molecule has 112 valence electrons. The van der Waals surface area contributed by atoms with Crippen molar-refractivity contribution in [2.75, 3.05) is 13.1 Å². The number of rotatable bonds is 6. The summed E-state index contributed by atoms with van der Waals surface area (Å²) in [5, 5.41) is 15.1. The Bertz CT molecular complexity index is 543. The van der Waals surface area contributed by atoms with Crippen molar-refractivity contribution in [2.45, 2.75) is 18.9 Å². The van der Waals surface area contributed by atoms with E-state index in [1.165, 1.54) is 0 Å². The van der Waals surface area contributed by atoms with Gasteiger partial charge in [-0.25, -0.2) is 0 Å². The third-order valence-corrected chi connectivity index (χ3v) is 3.87. The second-order valence-electron chi connectivity index (χ2n) is 4.96. The number of hydrogen-bond donors (Lipinski definition) is 2. The fourth-order valence-electron chi connectivity index (χ4n) is 2.45. The van der Waals surface area contributed by atoms with Crippen molar-refractivity contribution in [2.24, 2.45) is 0 Å². The molecule has 0 aliphatic rings. The molecular formula is C17H19Cl2NO. The van der Waals surface area contributed by atoms with Crippen LogP contribution in [0.15, 0.2) is 48.5 Å². The Hall–Kier alpha value is -1.06. The molecule has 0 saturated heterocycles. The second-order valence-corrected chi connectivity index (χ2v) is 5.84. The maximum absolute atomic E-state index is 10.6. The van der Waals surface area contributed by atoms with E-state index in [0.717, 1.165) is 17.7 Å². The fourth-order valence-corrected chi connectivity index (χ4v) is 2.84. The Morgan fingerprint density at radius 1 is 1.00 bits per heavy atom. The maximum Gasteiger partial charge on any atom is 0.0773 e. The van der Waals surface area contributed by atoms with Crippen LogP contribution in [0.2, 0.25) is 10.0 Å². The van der Waals surface area contributed by atoms with Gasteiger partial charge in [-0.1, -0.05) is 54.4 Å². The minimum Gasteiger partial charge on any atom is -0.391 e. The number of halogens is 2. The van der Waals surface area contributed by atoms with Crippen LogP contribution in [0.1, 0.15) is 24.0 Å². The molecule has 4 heteroatoms. The van der Waals surface area contributed by atoms with Crippen molar-refractivity contribution in [3.8, 4) is 0 Å². The number of aliphatic hydroxyl groups is 1. The van der Waals surface area contributed by atoms with Crippen LogP contribution < -0.4 is 5.32 Å². The summed E-state index contributed by atoms with van der Waals surface area (Å²) in [5.74, 6) is -0.165. The van der Waals surface area contributed by atoms with E-state index >= 15 is 0 Å². The lowest BCUT2D eigenvalue weighted by Crippen LogP contribution is -2.32. The van der Waals surface area contributed by atoms with Gasteiger partial charge in [0.1, 0.15) is 0 Å². The lowest BCUT2D eigenvalue weighted by molar-refractivity contribution is 0.154. The molecule has 0 bridgehead atoms. The highest BCUT2D eigenvalue weighted by atomic mass is 35.5. The Morgan fingerprint density at radius 3 is 1.95 bits per heavy atom. The summed E-state index contributed by atoms with van der Waals surface area (Å²) < 4.78 is 0. The Labute approximate surface area is 135 Å². The van der Waals surface area contributed by atoms with Gasteiger partial charge in [0.05, 0.1) is 6.10 Å². The van der Waals surface area contributed by atoms with E-state index < -0.39 is 6.10 Å². The van der Waals surface area contributed by atoms with E-state index in [2.05, 4.69) is 5.32 Å². The van der Waals surface area contributed by atoms with Gasteiger partial charge in [-0.3, -0.25) is 0 Å². The van der Waals surface area contributed by atoms with Gasteiger partial charge >= 0.3 is 0 Å². The highest BCUT2D eigenvalue weighted by molar-refractivity contribution is 6.31. The molecule has 0 fully saturated rings. The molecule has 21 heavy (non-hydrogen) atoms. The first-order valence-electron chi connectivity index (χ1n) is 7.01. The molecular weight excluding hydrogens is 305 g/mol. The summed E-state index contributed by atoms with van der Waals surface area (Å²) in [6.07, 6.45) is -0.554.